The molecule has 1 aromatic rings. The monoisotopic (exact) mass is 344 g/mol. The minimum Gasteiger partial charge on any atom is -0.355 e. The van der Waals surface area contributed by atoms with E-state index in [0.717, 1.165) is 5.56 Å². The third-order valence-corrected chi connectivity index (χ3v) is 4.78. The van der Waals surface area contributed by atoms with Crippen LogP contribution in [0, 0.1) is 0 Å². The molecule has 0 aliphatic carbocycles. The second-order valence-electron chi connectivity index (χ2n) is 7.03. The van der Waals surface area contributed by atoms with Gasteiger partial charge in [-0.15, -0.1) is 0 Å². The van der Waals surface area contributed by atoms with E-state index in [1.165, 1.54) is 4.90 Å². The van der Waals surface area contributed by atoms with Gasteiger partial charge < -0.3 is 10.6 Å². The highest BCUT2D eigenvalue weighted by Gasteiger charge is 2.44. The van der Waals surface area contributed by atoms with Crippen molar-refractivity contribution >= 4 is 17.8 Å². The SMILES string of the molecule is CC1(C)NC(=O)N(CCN2CCNC(=O)C[C@H]2c2ccccc2)C1=O. The number of hydrogen-bond donors (Lipinski definition) is 2. The fourth-order valence-electron chi connectivity index (χ4n) is 3.39. The van der Waals surface area contributed by atoms with E-state index in [9.17, 15) is 14.4 Å². The molecule has 0 spiro atoms. The maximum absolute atomic E-state index is 12.3. The number of hydrogen-bond acceptors (Lipinski definition) is 4. The number of urea groups is 1. The average molecular weight is 344 g/mol. The van der Waals surface area contributed by atoms with Crippen molar-refractivity contribution < 1.29 is 14.4 Å². The van der Waals surface area contributed by atoms with Crippen molar-refractivity contribution in [2.75, 3.05) is 26.2 Å². The molecule has 2 heterocycles. The largest absolute Gasteiger partial charge is 0.355 e. The number of carbonyl (C=O) groups excluding carboxylic acids is 3. The Morgan fingerprint density at radius 3 is 2.48 bits per heavy atom. The molecule has 134 valence electrons. The number of carbonyl (C=O) groups is 3. The summed E-state index contributed by atoms with van der Waals surface area (Å²) < 4.78 is 0. The predicted octanol–water partition coefficient (Wildman–Crippen LogP) is 0.880. The van der Waals surface area contributed by atoms with Gasteiger partial charge in [0.2, 0.25) is 5.91 Å². The smallest absolute Gasteiger partial charge is 0.325 e. The summed E-state index contributed by atoms with van der Waals surface area (Å²) in [4.78, 5) is 39.8. The summed E-state index contributed by atoms with van der Waals surface area (Å²) in [5.41, 5.74) is 0.212. The molecule has 0 bridgehead atoms. The second-order valence-corrected chi connectivity index (χ2v) is 7.03. The lowest BCUT2D eigenvalue weighted by molar-refractivity contribution is -0.130. The fraction of sp³-hybridized carbons (Fsp3) is 0.500. The molecule has 4 amide bonds. The number of amides is 4. The molecular formula is C18H24N4O3. The average Bonchev–Trinajstić information content (AvgIpc) is 2.71. The topological polar surface area (TPSA) is 81.8 Å². The molecule has 2 saturated heterocycles. The van der Waals surface area contributed by atoms with Crippen molar-refractivity contribution in [2.24, 2.45) is 0 Å². The second kappa shape index (κ2) is 6.84. The minimum atomic E-state index is -0.855. The molecular weight excluding hydrogens is 320 g/mol. The molecule has 1 atom stereocenters. The number of benzene rings is 1. The van der Waals surface area contributed by atoms with E-state index in [4.69, 9.17) is 0 Å². The third-order valence-electron chi connectivity index (χ3n) is 4.78. The summed E-state index contributed by atoms with van der Waals surface area (Å²) in [6.45, 7) is 5.49. The van der Waals surface area contributed by atoms with Crippen molar-refractivity contribution in [2.45, 2.75) is 31.8 Å². The zero-order chi connectivity index (χ0) is 18.0. The van der Waals surface area contributed by atoms with E-state index in [1.807, 2.05) is 30.3 Å². The van der Waals surface area contributed by atoms with Crippen molar-refractivity contribution in [3.8, 4) is 0 Å². The van der Waals surface area contributed by atoms with Crippen molar-refractivity contribution in [1.82, 2.24) is 20.4 Å². The Kier molecular flexibility index (Phi) is 4.76. The van der Waals surface area contributed by atoms with E-state index in [1.54, 1.807) is 13.8 Å². The van der Waals surface area contributed by atoms with Crippen LogP contribution in [0.2, 0.25) is 0 Å². The van der Waals surface area contributed by atoms with Crippen LogP contribution in [0.25, 0.3) is 0 Å². The minimum absolute atomic E-state index is 0.0208. The summed E-state index contributed by atoms with van der Waals surface area (Å²) in [7, 11) is 0. The molecule has 0 unspecified atom stereocenters. The molecule has 2 N–H and O–H groups in total. The lowest BCUT2D eigenvalue weighted by Crippen LogP contribution is -2.42. The Bertz CT molecular complexity index is 674. The van der Waals surface area contributed by atoms with Gasteiger partial charge in [0, 0.05) is 38.6 Å². The van der Waals surface area contributed by atoms with Gasteiger partial charge in [0.15, 0.2) is 0 Å². The fourth-order valence-corrected chi connectivity index (χ4v) is 3.39. The number of imide groups is 1. The van der Waals surface area contributed by atoms with Crippen molar-refractivity contribution in [1.29, 1.82) is 0 Å². The molecule has 2 aliphatic rings. The molecule has 0 saturated carbocycles. The van der Waals surface area contributed by atoms with Gasteiger partial charge in [-0.1, -0.05) is 30.3 Å². The van der Waals surface area contributed by atoms with E-state index in [2.05, 4.69) is 15.5 Å². The van der Waals surface area contributed by atoms with E-state index in [0.29, 0.717) is 32.6 Å². The van der Waals surface area contributed by atoms with Gasteiger partial charge in [-0.25, -0.2) is 4.79 Å². The Labute approximate surface area is 147 Å². The Morgan fingerprint density at radius 2 is 1.84 bits per heavy atom. The molecule has 1 aromatic carbocycles. The summed E-state index contributed by atoms with van der Waals surface area (Å²) >= 11 is 0. The highest BCUT2D eigenvalue weighted by Crippen LogP contribution is 2.26. The highest BCUT2D eigenvalue weighted by atomic mass is 16.2. The lowest BCUT2D eigenvalue weighted by atomic mass is 10.0. The van der Waals surface area contributed by atoms with Crippen molar-refractivity contribution in [3.05, 3.63) is 35.9 Å². The quantitative estimate of drug-likeness (QED) is 0.795. The summed E-state index contributed by atoms with van der Waals surface area (Å²) in [5.74, 6) is -0.190. The molecule has 25 heavy (non-hydrogen) atoms. The molecule has 7 nitrogen and oxygen atoms in total. The zero-order valence-corrected chi connectivity index (χ0v) is 14.6. The molecule has 0 radical (unpaired) electrons. The standard InChI is InChI=1S/C18H24N4O3/c1-18(2)16(24)22(17(25)20-18)11-10-21-9-8-19-15(23)12-14(21)13-6-4-3-5-7-13/h3-7,14H,8-12H2,1-2H3,(H,19,23)(H,20,25)/t14-/m0/s1. The molecule has 0 aromatic heterocycles. The first-order valence-electron chi connectivity index (χ1n) is 8.58. The van der Waals surface area contributed by atoms with Crippen LogP contribution in [-0.4, -0.2) is 59.4 Å². The van der Waals surface area contributed by atoms with Gasteiger partial charge in [0.25, 0.3) is 5.91 Å². The Balaban J connectivity index is 1.73. The van der Waals surface area contributed by atoms with E-state index >= 15 is 0 Å². The van der Waals surface area contributed by atoms with Gasteiger partial charge in [-0.3, -0.25) is 19.4 Å². The zero-order valence-electron chi connectivity index (χ0n) is 14.6. The first kappa shape index (κ1) is 17.4. The van der Waals surface area contributed by atoms with Gasteiger partial charge in [0.1, 0.15) is 5.54 Å². The van der Waals surface area contributed by atoms with Crippen LogP contribution in [0.3, 0.4) is 0 Å². The first-order valence-corrected chi connectivity index (χ1v) is 8.58. The van der Waals surface area contributed by atoms with Gasteiger partial charge in [-0.05, 0) is 19.4 Å². The summed E-state index contributed by atoms with van der Waals surface area (Å²) in [6, 6.07) is 9.46. The van der Waals surface area contributed by atoms with Gasteiger partial charge in [0.05, 0.1) is 0 Å². The molecule has 3 rings (SSSR count). The van der Waals surface area contributed by atoms with Gasteiger partial charge >= 0.3 is 6.03 Å². The number of rotatable bonds is 4. The molecule has 2 aliphatic heterocycles. The van der Waals surface area contributed by atoms with Crippen LogP contribution in [0.4, 0.5) is 4.79 Å². The summed E-state index contributed by atoms with van der Waals surface area (Å²) in [5, 5.41) is 5.59. The van der Waals surface area contributed by atoms with Crippen LogP contribution in [0.5, 0.6) is 0 Å². The first-order chi connectivity index (χ1) is 11.9. The third kappa shape index (κ3) is 3.66. The Morgan fingerprint density at radius 1 is 1.12 bits per heavy atom. The molecule has 2 fully saturated rings. The van der Waals surface area contributed by atoms with Crippen LogP contribution < -0.4 is 10.6 Å². The predicted molar refractivity (Wildman–Crippen MR) is 92.7 cm³/mol. The van der Waals surface area contributed by atoms with Crippen LogP contribution in [0.15, 0.2) is 30.3 Å². The van der Waals surface area contributed by atoms with E-state index in [-0.39, 0.29) is 23.9 Å². The number of nitrogens with zero attached hydrogens (tertiary/aromatic N) is 2. The van der Waals surface area contributed by atoms with Gasteiger partial charge in [-0.2, -0.15) is 0 Å². The highest BCUT2D eigenvalue weighted by molar-refractivity contribution is 6.06. The lowest BCUT2D eigenvalue weighted by Gasteiger charge is -2.30. The maximum atomic E-state index is 12.3. The normalized spacial score (nSPS) is 24.0. The molecule has 7 heteroatoms. The van der Waals surface area contributed by atoms with Crippen molar-refractivity contribution in [3.63, 3.8) is 0 Å². The van der Waals surface area contributed by atoms with E-state index < -0.39 is 5.54 Å². The van der Waals surface area contributed by atoms with Crippen LogP contribution >= 0.6 is 0 Å². The maximum Gasteiger partial charge on any atom is 0.325 e. The van der Waals surface area contributed by atoms with Crippen LogP contribution in [-0.2, 0) is 9.59 Å². The van der Waals surface area contributed by atoms with Crippen LogP contribution in [0.1, 0.15) is 31.9 Å². The Hall–Kier alpha value is -2.41. The summed E-state index contributed by atoms with van der Waals surface area (Å²) in [6.07, 6.45) is 0.371. The number of nitrogens with one attached hydrogen (secondary N) is 2.